The molecule has 0 heterocycles. The molecule has 1 aromatic carbocycles. The number of carbonyl (C=O) groups excluding carboxylic acids is 2. The number of hydrogen-bond donors (Lipinski definition) is 1. The molecule has 4 nitrogen and oxygen atoms in total. The van der Waals surface area contributed by atoms with Gasteiger partial charge in [-0.3, -0.25) is 9.59 Å². The topological polar surface area (TPSA) is 49.4 Å². The van der Waals surface area contributed by atoms with Crippen LogP contribution >= 0.6 is 23.2 Å². The number of hydrogen-bond acceptors (Lipinski definition) is 3. The van der Waals surface area contributed by atoms with Crippen molar-refractivity contribution in [1.82, 2.24) is 10.2 Å². The van der Waals surface area contributed by atoms with Crippen LogP contribution in [0.25, 0.3) is 0 Å². The number of nitrogens with one attached hydrogen (secondary N) is 1. The van der Waals surface area contributed by atoms with E-state index in [9.17, 15) is 9.59 Å². The van der Waals surface area contributed by atoms with E-state index in [4.69, 9.17) is 23.2 Å². The Labute approximate surface area is 140 Å². The fourth-order valence-corrected chi connectivity index (χ4v) is 3.06. The van der Waals surface area contributed by atoms with Gasteiger partial charge in [-0.25, -0.2) is 0 Å². The maximum Gasteiger partial charge on any atom is 0.251 e. The van der Waals surface area contributed by atoms with Gasteiger partial charge in [0.1, 0.15) is 5.78 Å². The smallest absolute Gasteiger partial charge is 0.251 e. The molecule has 0 bridgehead atoms. The third-order valence-corrected chi connectivity index (χ3v) is 5.19. The Bertz CT molecular complexity index is 578. The van der Waals surface area contributed by atoms with Crippen molar-refractivity contribution in [3.05, 3.63) is 33.8 Å². The van der Waals surface area contributed by atoms with E-state index in [1.165, 1.54) is 0 Å². The lowest BCUT2D eigenvalue weighted by Crippen LogP contribution is -2.54. The van der Waals surface area contributed by atoms with Gasteiger partial charge in [0.15, 0.2) is 0 Å². The van der Waals surface area contributed by atoms with Gasteiger partial charge in [-0.2, -0.15) is 0 Å². The number of benzene rings is 1. The van der Waals surface area contributed by atoms with Crippen molar-refractivity contribution in [2.45, 2.75) is 31.2 Å². The second kappa shape index (κ2) is 6.99. The van der Waals surface area contributed by atoms with Crippen molar-refractivity contribution >= 4 is 34.9 Å². The molecule has 0 aliphatic heterocycles. The lowest BCUT2D eigenvalue weighted by Gasteiger charge is -2.42. The Kier molecular flexibility index (Phi) is 5.48. The second-order valence-corrected chi connectivity index (χ2v) is 6.78. The summed E-state index contributed by atoms with van der Waals surface area (Å²) in [4.78, 5) is 25.9. The van der Waals surface area contributed by atoms with Gasteiger partial charge in [0.2, 0.25) is 0 Å². The Morgan fingerprint density at radius 2 is 1.86 bits per heavy atom. The van der Waals surface area contributed by atoms with Crippen LogP contribution in [0.1, 0.15) is 36.0 Å². The number of amides is 1. The molecule has 0 spiro atoms. The van der Waals surface area contributed by atoms with E-state index in [-0.39, 0.29) is 11.4 Å². The average molecular weight is 343 g/mol. The monoisotopic (exact) mass is 342 g/mol. The maximum absolute atomic E-state index is 12.3. The summed E-state index contributed by atoms with van der Waals surface area (Å²) in [5.74, 6) is 0.116. The lowest BCUT2D eigenvalue weighted by molar-refractivity contribution is -0.122. The zero-order valence-electron chi connectivity index (χ0n) is 12.8. The standard InChI is InChI=1S/C16H20Cl2N2O2/c1-20(2)16(7-5-12(21)6-8-16)10-19-15(22)11-3-4-13(17)14(18)9-11/h3-4,9H,5-8,10H2,1-2H3,(H,19,22). The molecule has 0 saturated heterocycles. The Morgan fingerprint density at radius 1 is 1.23 bits per heavy atom. The van der Waals surface area contributed by atoms with Crippen molar-refractivity contribution < 1.29 is 9.59 Å². The number of rotatable bonds is 4. The number of halogens is 2. The summed E-state index contributed by atoms with van der Waals surface area (Å²) < 4.78 is 0. The van der Waals surface area contributed by atoms with E-state index in [1.54, 1.807) is 18.2 Å². The highest BCUT2D eigenvalue weighted by atomic mass is 35.5. The fraction of sp³-hybridized carbons (Fsp3) is 0.500. The minimum absolute atomic E-state index is 0.167. The largest absolute Gasteiger partial charge is 0.350 e. The van der Waals surface area contributed by atoms with E-state index in [0.29, 0.717) is 40.8 Å². The molecule has 0 aromatic heterocycles. The lowest BCUT2D eigenvalue weighted by atomic mass is 9.80. The normalized spacial score (nSPS) is 17.6. The van der Waals surface area contributed by atoms with Crippen molar-refractivity contribution in [2.75, 3.05) is 20.6 Å². The van der Waals surface area contributed by atoms with E-state index in [0.717, 1.165) is 12.8 Å². The molecule has 0 unspecified atom stereocenters. The van der Waals surface area contributed by atoms with Crippen LogP contribution < -0.4 is 5.32 Å². The summed E-state index contributed by atoms with van der Waals surface area (Å²) in [6.45, 7) is 0.506. The molecule has 120 valence electrons. The molecular weight excluding hydrogens is 323 g/mol. The van der Waals surface area contributed by atoms with Crippen LogP contribution in [0.15, 0.2) is 18.2 Å². The first-order chi connectivity index (χ1) is 10.3. The molecule has 0 radical (unpaired) electrons. The summed E-state index contributed by atoms with van der Waals surface area (Å²) in [6.07, 6.45) is 2.67. The molecule has 1 aromatic rings. The molecule has 1 N–H and O–H groups in total. The maximum atomic E-state index is 12.3. The minimum Gasteiger partial charge on any atom is -0.350 e. The van der Waals surface area contributed by atoms with Gasteiger partial charge >= 0.3 is 0 Å². The molecule has 1 saturated carbocycles. The van der Waals surface area contributed by atoms with Gasteiger partial charge in [-0.15, -0.1) is 0 Å². The van der Waals surface area contributed by atoms with Gasteiger partial charge in [-0.1, -0.05) is 23.2 Å². The predicted octanol–water partition coefficient (Wildman–Crippen LogP) is 3.17. The Balaban J connectivity index is 2.04. The van der Waals surface area contributed by atoms with Crippen LogP contribution in [0.3, 0.4) is 0 Å². The van der Waals surface area contributed by atoms with E-state index < -0.39 is 0 Å². The zero-order chi connectivity index (χ0) is 16.3. The predicted molar refractivity (Wildman–Crippen MR) is 88.7 cm³/mol. The summed E-state index contributed by atoms with van der Waals surface area (Å²) in [5, 5.41) is 3.74. The average Bonchev–Trinajstić information content (AvgIpc) is 2.49. The van der Waals surface area contributed by atoms with Crippen LogP contribution in [0, 0.1) is 0 Å². The van der Waals surface area contributed by atoms with Gasteiger partial charge < -0.3 is 10.2 Å². The molecule has 1 fully saturated rings. The van der Waals surface area contributed by atoms with E-state index in [1.807, 2.05) is 14.1 Å². The van der Waals surface area contributed by atoms with E-state index in [2.05, 4.69) is 10.2 Å². The first-order valence-electron chi connectivity index (χ1n) is 7.26. The number of carbonyl (C=O) groups is 2. The molecule has 1 aliphatic carbocycles. The van der Waals surface area contributed by atoms with Crippen molar-refractivity contribution in [1.29, 1.82) is 0 Å². The van der Waals surface area contributed by atoms with Gasteiger partial charge in [0.05, 0.1) is 10.0 Å². The quantitative estimate of drug-likeness (QED) is 0.914. The van der Waals surface area contributed by atoms with Crippen molar-refractivity contribution in [3.8, 4) is 0 Å². The van der Waals surface area contributed by atoms with Crippen LogP contribution in [-0.4, -0.2) is 42.8 Å². The first-order valence-corrected chi connectivity index (χ1v) is 8.02. The van der Waals surface area contributed by atoms with Crippen molar-refractivity contribution in [3.63, 3.8) is 0 Å². The number of Topliss-reactive ketones (excluding diaryl/α,β-unsaturated/α-hetero) is 1. The Morgan fingerprint density at radius 3 is 2.41 bits per heavy atom. The summed E-state index contributed by atoms with van der Waals surface area (Å²) in [7, 11) is 3.97. The number of likely N-dealkylation sites (N-methyl/N-ethyl adjacent to an activating group) is 1. The van der Waals surface area contributed by atoms with Gasteiger partial charge in [0, 0.05) is 30.5 Å². The highest BCUT2D eigenvalue weighted by Crippen LogP contribution is 2.30. The second-order valence-electron chi connectivity index (χ2n) is 5.97. The van der Waals surface area contributed by atoms with E-state index >= 15 is 0 Å². The highest BCUT2D eigenvalue weighted by molar-refractivity contribution is 6.42. The fourth-order valence-electron chi connectivity index (χ4n) is 2.76. The summed E-state index contributed by atoms with van der Waals surface area (Å²) in [6, 6.07) is 4.82. The number of ketones is 1. The van der Waals surface area contributed by atoms with Gasteiger partial charge in [0.25, 0.3) is 5.91 Å². The van der Waals surface area contributed by atoms with Crippen LogP contribution in [0.4, 0.5) is 0 Å². The minimum atomic E-state index is -0.184. The molecule has 6 heteroatoms. The highest BCUT2D eigenvalue weighted by Gasteiger charge is 2.36. The molecule has 22 heavy (non-hydrogen) atoms. The third kappa shape index (κ3) is 3.80. The summed E-state index contributed by atoms with van der Waals surface area (Å²) >= 11 is 11.8. The molecule has 2 rings (SSSR count). The summed E-state index contributed by atoms with van der Waals surface area (Å²) in [5.41, 5.74) is 0.315. The Hall–Kier alpha value is -1.10. The van der Waals surface area contributed by atoms with Crippen LogP contribution in [0.5, 0.6) is 0 Å². The third-order valence-electron chi connectivity index (χ3n) is 4.45. The molecular formula is C16H20Cl2N2O2. The molecule has 0 atom stereocenters. The molecule has 1 aliphatic rings. The van der Waals surface area contributed by atoms with Gasteiger partial charge in [-0.05, 0) is 45.1 Å². The van der Waals surface area contributed by atoms with Crippen molar-refractivity contribution in [2.24, 2.45) is 0 Å². The zero-order valence-corrected chi connectivity index (χ0v) is 14.3. The van der Waals surface area contributed by atoms with Crippen LogP contribution in [-0.2, 0) is 4.79 Å². The first kappa shape index (κ1) is 17.3. The SMILES string of the molecule is CN(C)C1(CNC(=O)c2ccc(Cl)c(Cl)c2)CCC(=O)CC1. The van der Waals surface area contributed by atoms with Crippen LogP contribution in [0.2, 0.25) is 10.0 Å². The number of nitrogens with zero attached hydrogens (tertiary/aromatic N) is 1. The molecule has 1 amide bonds.